The van der Waals surface area contributed by atoms with Crippen LogP contribution < -0.4 is 14.8 Å². The lowest BCUT2D eigenvalue weighted by Crippen LogP contribution is -2.43. The van der Waals surface area contributed by atoms with Crippen LogP contribution in [-0.4, -0.2) is 57.9 Å². The van der Waals surface area contributed by atoms with Gasteiger partial charge in [0.1, 0.15) is 25.4 Å². The lowest BCUT2D eigenvalue weighted by molar-refractivity contribution is -0.137. The molecule has 4 rings (SSSR count). The normalized spacial score (nSPS) is 15.5. The Balaban J connectivity index is 1.45. The van der Waals surface area contributed by atoms with Crippen LogP contribution in [0.5, 0.6) is 11.5 Å². The Morgan fingerprint density at radius 1 is 1.24 bits per heavy atom. The molecule has 11 heteroatoms. The number of nitrogens with one attached hydrogen (secondary N) is 1. The predicted octanol–water partition coefficient (Wildman–Crippen LogP) is 3.39. The van der Waals surface area contributed by atoms with Crippen LogP contribution >= 0.6 is 0 Å². The van der Waals surface area contributed by atoms with Gasteiger partial charge in [0.15, 0.2) is 11.5 Å². The maximum atomic E-state index is 13.2. The summed E-state index contributed by atoms with van der Waals surface area (Å²) in [6, 6.07) is 10.4. The number of anilines is 1. The van der Waals surface area contributed by atoms with Crippen molar-refractivity contribution >= 4 is 11.6 Å². The Morgan fingerprint density at radius 3 is 2.73 bits per heavy atom. The predicted molar refractivity (Wildman–Crippen MR) is 113 cm³/mol. The Kier molecular flexibility index (Phi) is 6.50. The van der Waals surface area contributed by atoms with Crippen molar-refractivity contribution in [2.24, 2.45) is 0 Å². The van der Waals surface area contributed by atoms with Crippen LogP contribution in [0.1, 0.15) is 12.5 Å². The highest BCUT2D eigenvalue weighted by molar-refractivity contribution is 5.94. The first-order valence-corrected chi connectivity index (χ1v) is 10.3. The molecule has 0 spiro atoms. The molecule has 0 saturated heterocycles. The van der Waals surface area contributed by atoms with E-state index in [0.29, 0.717) is 31.2 Å². The third-order valence-electron chi connectivity index (χ3n) is 5.11. The van der Waals surface area contributed by atoms with Crippen molar-refractivity contribution in [1.29, 1.82) is 0 Å². The molecule has 1 aliphatic rings. The molecule has 8 nitrogen and oxygen atoms in total. The molecule has 1 aliphatic heterocycles. The summed E-state index contributed by atoms with van der Waals surface area (Å²) in [4.78, 5) is 18.4. The van der Waals surface area contributed by atoms with E-state index in [4.69, 9.17) is 9.47 Å². The molecule has 2 aromatic carbocycles. The van der Waals surface area contributed by atoms with Crippen LogP contribution in [0.15, 0.2) is 55.1 Å². The van der Waals surface area contributed by atoms with Gasteiger partial charge in [-0.25, -0.2) is 9.67 Å². The second kappa shape index (κ2) is 9.49. The third-order valence-corrected chi connectivity index (χ3v) is 5.11. The van der Waals surface area contributed by atoms with Crippen molar-refractivity contribution in [2.75, 3.05) is 31.6 Å². The number of nitrogens with zero attached hydrogens (tertiary/aromatic N) is 4. The van der Waals surface area contributed by atoms with Crippen molar-refractivity contribution in [3.63, 3.8) is 0 Å². The highest BCUT2D eigenvalue weighted by Gasteiger charge is 2.31. The summed E-state index contributed by atoms with van der Waals surface area (Å²) in [5.41, 5.74) is -0.611. The van der Waals surface area contributed by atoms with Crippen molar-refractivity contribution in [1.82, 2.24) is 19.7 Å². The largest absolute Gasteiger partial charge is 0.486 e. The number of hydrogen-bond donors (Lipinski definition) is 1. The molecular weight excluding hydrogens is 439 g/mol. The van der Waals surface area contributed by atoms with E-state index in [2.05, 4.69) is 15.4 Å². The number of benzene rings is 2. The summed E-state index contributed by atoms with van der Waals surface area (Å²) in [5, 5.41) is 6.54. The molecule has 1 amide bonds. The van der Waals surface area contributed by atoms with Crippen molar-refractivity contribution in [3.05, 3.63) is 60.7 Å². The number of carbonyl (C=O) groups is 1. The molecule has 0 bridgehead atoms. The fourth-order valence-electron chi connectivity index (χ4n) is 3.48. The lowest BCUT2D eigenvalue weighted by Gasteiger charge is -2.30. The number of alkyl halides is 3. The van der Waals surface area contributed by atoms with Crippen molar-refractivity contribution in [3.8, 4) is 17.2 Å². The molecule has 33 heavy (non-hydrogen) atoms. The molecule has 174 valence electrons. The van der Waals surface area contributed by atoms with E-state index in [1.54, 1.807) is 0 Å². The van der Waals surface area contributed by atoms with E-state index in [1.165, 1.54) is 23.4 Å². The van der Waals surface area contributed by atoms with Gasteiger partial charge >= 0.3 is 6.18 Å². The smallest absolute Gasteiger partial charge is 0.416 e. The van der Waals surface area contributed by atoms with Crippen LogP contribution in [-0.2, 0) is 11.0 Å². The second-order valence-electron chi connectivity index (χ2n) is 7.44. The summed E-state index contributed by atoms with van der Waals surface area (Å²) in [7, 11) is 0. The summed E-state index contributed by atoms with van der Waals surface area (Å²) >= 11 is 0. The van der Waals surface area contributed by atoms with Gasteiger partial charge in [-0.2, -0.15) is 18.3 Å². The maximum absolute atomic E-state index is 13.2. The monoisotopic (exact) mass is 461 g/mol. The number of hydrogen-bond acceptors (Lipinski definition) is 6. The zero-order chi connectivity index (χ0) is 23.4. The molecule has 0 fully saturated rings. The number of fused-ring (bicyclic) bond motifs is 1. The first-order chi connectivity index (χ1) is 15.8. The van der Waals surface area contributed by atoms with Gasteiger partial charge in [0, 0.05) is 6.54 Å². The number of likely N-dealkylation sites (N-methyl/N-ethyl adjacent to an activating group) is 1. The molecular formula is C22H22F3N5O3. The van der Waals surface area contributed by atoms with Crippen molar-refractivity contribution in [2.45, 2.75) is 19.2 Å². The number of para-hydroxylation sites is 2. The van der Waals surface area contributed by atoms with Gasteiger partial charge in [0.25, 0.3) is 0 Å². The van der Waals surface area contributed by atoms with Gasteiger partial charge in [-0.1, -0.05) is 19.1 Å². The summed E-state index contributed by atoms with van der Waals surface area (Å²) in [5.74, 6) is 0.838. The van der Waals surface area contributed by atoms with Gasteiger partial charge in [0.2, 0.25) is 5.91 Å². The van der Waals surface area contributed by atoms with E-state index >= 15 is 0 Å². The zero-order valence-electron chi connectivity index (χ0n) is 17.7. The van der Waals surface area contributed by atoms with E-state index < -0.39 is 17.6 Å². The van der Waals surface area contributed by atoms with Crippen LogP contribution in [0, 0.1) is 0 Å². The summed E-state index contributed by atoms with van der Waals surface area (Å²) in [6.07, 6.45) is -2.24. The topological polar surface area (TPSA) is 81.5 Å². The standard InChI is InChI=1S/C22H22F3N5O3/c1-2-29(10-16-12-32-19-5-3-4-6-20(19)33-16)11-21(31)28-17-9-15(22(23,24)25)7-8-18(17)30-14-26-13-27-30/h3-9,13-14,16H,2,10-12H2,1H3,(H,28,31). The first kappa shape index (κ1) is 22.6. The number of aromatic nitrogens is 3. The number of halogens is 3. The molecule has 0 aliphatic carbocycles. The Morgan fingerprint density at radius 2 is 2.03 bits per heavy atom. The molecule has 1 atom stereocenters. The molecule has 2 heterocycles. The van der Waals surface area contributed by atoms with Gasteiger partial charge in [-0.05, 0) is 36.9 Å². The quantitative estimate of drug-likeness (QED) is 0.581. The van der Waals surface area contributed by atoms with Gasteiger partial charge in [0.05, 0.1) is 23.5 Å². The SMILES string of the molecule is CCN(CC(=O)Nc1cc(C(F)(F)F)ccc1-n1cncn1)CC1COc2ccccc2O1. The molecule has 1 unspecified atom stereocenters. The van der Waals surface area contributed by atoms with Crippen LogP contribution in [0.3, 0.4) is 0 Å². The van der Waals surface area contributed by atoms with E-state index in [9.17, 15) is 18.0 Å². The highest BCUT2D eigenvalue weighted by atomic mass is 19.4. The van der Waals surface area contributed by atoms with Crippen molar-refractivity contribution < 1.29 is 27.4 Å². The van der Waals surface area contributed by atoms with Crippen LogP contribution in [0.25, 0.3) is 5.69 Å². The Hall–Kier alpha value is -3.60. The zero-order valence-corrected chi connectivity index (χ0v) is 17.7. The number of ether oxygens (including phenoxy) is 2. The van der Waals surface area contributed by atoms with E-state index in [1.807, 2.05) is 36.1 Å². The molecule has 0 saturated carbocycles. The highest BCUT2D eigenvalue weighted by Crippen LogP contribution is 2.33. The molecule has 1 aromatic heterocycles. The minimum Gasteiger partial charge on any atom is -0.486 e. The first-order valence-electron chi connectivity index (χ1n) is 10.3. The molecule has 1 N–H and O–H groups in total. The second-order valence-corrected chi connectivity index (χ2v) is 7.44. The summed E-state index contributed by atoms with van der Waals surface area (Å²) in [6.45, 7) is 3.13. The van der Waals surface area contributed by atoms with E-state index in [-0.39, 0.29) is 24.0 Å². The average Bonchev–Trinajstić information content (AvgIpc) is 3.32. The van der Waals surface area contributed by atoms with Crippen LogP contribution in [0.4, 0.5) is 18.9 Å². The fraction of sp³-hybridized carbons (Fsp3) is 0.318. The van der Waals surface area contributed by atoms with Crippen LogP contribution in [0.2, 0.25) is 0 Å². The Labute approximate surface area is 187 Å². The minimum atomic E-state index is -4.55. The third kappa shape index (κ3) is 5.43. The maximum Gasteiger partial charge on any atom is 0.416 e. The minimum absolute atomic E-state index is 0.0115. The molecule has 3 aromatic rings. The Bertz CT molecular complexity index is 1100. The van der Waals surface area contributed by atoms with Gasteiger partial charge in [-0.15, -0.1) is 0 Å². The lowest BCUT2D eigenvalue weighted by atomic mass is 10.1. The van der Waals surface area contributed by atoms with Gasteiger partial charge < -0.3 is 14.8 Å². The average molecular weight is 461 g/mol. The number of carbonyl (C=O) groups excluding carboxylic acids is 1. The molecule has 0 radical (unpaired) electrons. The number of amides is 1. The summed E-state index contributed by atoms with van der Waals surface area (Å²) < 4.78 is 52.6. The fourth-order valence-corrected chi connectivity index (χ4v) is 3.48. The van der Waals surface area contributed by atoms with E-state index in [0.717, 1.165) is 12.1 Å². The number of rotatable bonds is 7. The van der Waals surface area contributed by atoms with Gasteiger partial charge in [-0.3, -0.25) is 9.69 Å².